The molecule has 0 saturated carbocycles. The van der Waals surface area contributed by atoms with Crippen LogP contribution in [0.15, 0.2) is 24.3 Å². The Kier molecular flexibility index (Phi) is 3.46. The van der Waals surface area contributed by atoms with Crippen LogP contribution < -0.4 is 0 Å². The molecule has 0 spiro atoms. The highest BCUT2D eigenvalue weighted by atomic mass is 35.5. The van der Waals surface area contributed by atoms with Gasteiger partial charge in [0.1, 0.15) is 12.1 Å². The van der Waals surface area contributed by atoms with Gasteiger partial charge in [-0.15, -0.1) is 0 Å². The Morgan fingerprint density at radius 1 is 1.46 bits per heavy atom. The molecule has 1 rings (SSSR count). The number of carbonyl (C=O) groups excluding carboxylic acids is 1. The quantitative estimate of drug-likeness (QED) is 0.551. The Morgan fingerprint density at radius 3 is 2.69 bits per heavy atom. The van der Waals surface area contributed by atoms with Gasteiger partial charge in [0.05, 0.1) is 10.1 Å². The lowest BCUT2D eigenvalue weighted by molar-refractivity contribution is -0.104. The van der Waals surface area contributed by atoms with Gasteiger partial charge in [-0.05, 0) is 24.3 Å². The molecular weight excluding hydrogens is 214 g/mol. The topological polar surface area (TPSA) is 17.1 Å². The lowest BCUT2D eigenvalue weighted by Crippen LogP contribution is -1.82. The molecule has 1 aromatic rings. The summed E-state index contributed by atoms with van der Waals surface area (Å²) in [7, 11) is 0. The van der Waals surface area contributed by atoms with Crippen molar-refractivity contribution in [2.45, 2.75) is 0 Å². The van der Waals surface area contributed by atoms with E-state index in [1.54, 1.807) is 0 Å². The van der Waals surface area contributed by atoms with Crippen molar-refractivity contribution in [1.29, 1.82) is 0 Å². The molecule has 0 saturated heterocycles. The number of carbonyl (C=O) groups is 1. The van der Waals surface area contributed by atoms with Crippen molar-refractivity contribution in [1.82, 2.24) is 0 Å². The summed E-state index contributed by atoms with van der Waals surface area (Å²) in [5.41, 5.74) is 0.442. The molecular formula is C9H5Cl2FO. The van der Waals surface area contributed by atoms with Gasteiger partial charge in [0.2, 0.25) is 0 Å². The SMILES string of the molecule is O=C/C=C(\Cl)c1ccc(F)cc1Cl. The lowest BCUT2D eigenvalue weighted by Gasteiger charge is -2.00. The normalized spacial score (nSPS) is 11.5. The van der Waals surface area contributed by atoms with E-state index in [0.29, 0.717) is 11.8 Å². The first kappa shape index (κ1) is 10.2. The monoisotopic (exact) mass is 218 g/mol. The third-order valence-corrected chi connectivity index (χ3v) is 2.05. The van der Waals surface area contributed by atoms with E-state index in [4.69, 9.17) is 23.2 Å². The highest BCUT2D eigenvalue weighted by Gasteiger charge is 2.04. The average Bonchev–Trinajstić information content (AvgIpc) is 2.04. The van der Waals surface area contributed by atoms with Crippen molar-refractivity contribution in [2.24, 2.45) is 0 Å². The summed E-state index contributed by atoms with van der Waals surface area (Å²) in [6, 6.07) is 3.78. The van der Waals surface area contributed by atoms with Crippen LogP contribution in [0.25, 0.3) is 5.03 Å². The fourth-order valence-electron chi connectivity index (χ4n) is 0.833. The van der Waals surface area contributed by atoms with Crippen LogP contribution >= 0.6 is 23.2 Å². The minimum Gasteiger partial charge on any atom is -0.299 e. The summed E-state index contributed by atoms with van der Waals surface area (Å²) in [5, 5.41) is 0.378. The lowest BCUT2D eigenvalue weighted by atomic mass is 10.2. The minimum absolute atomic E-state index is 0.183. The number of hydrogen-bond donors (Lipinski definition) is 0. The second-order valence-electron chi connectivity index (χ2n) is 2.27. The molecule has 0 aliphatic heterocycles. The molecule has 0 aliphatic rings. The smallest absolute Gasteiger partial charge is 0.144 e. The standard InChI is InChI=1S/C9H5Cl2FO/c10-8(3-4-13)7-2-1-6(12)5-9(7)11/h1-5H/b8-3-. The summed E-state index contributed by atoms with van der Waals surface area (Å²) in [4.78, 5) is 10.1. The van der Waals surface area contributed by atoms with Gasteiger partial charge in [-0.3, -0.25) is 4.79 Å². The third kappa shape index (κ3) is 2.54. The maximum atomic E-state index is 12.6. The Morgan fingerprint density at radius 2 is 2.15 bits per heavy atom. The van der Waals surface area contributed by atoms with Crippen LogP contribution in [0, 0.1) is 5.82 Å². The van der Waals surface area contributed by atoms with Crippen LogP contribution in [-0.4, -0.2) is 6.29 Å². The number of aldehydes is 1. The first-order chi connectivity index (χ1) is 6.15. The molecule has 0 fully saturated rings. The second kappa shape index (κ2) is 4.40. The van der Waals surface area contributed by atoms with E-state index in [0.717, 1.165) is 12.1 Å². The highest BCUT2D eigenvalue weighted by molar-refractivity contribution is 6.51. The van der Waals surface area contributed by atoms with Crippen LogP contribution in [0.5, 0.6) is 0 Å². The van der Waals surface area contributed by atoms with Crippen molar-refractivity contribution < 1.29 is 9.18 Å². The molecule has 0 atom stereocenters. The van der Waals surface area contributed by atoms with Gasteiger partial charge in [0, 0.05) is 5.56 Å². The van der Waals surface area contributed by atoms with E-state index < -0.39 is 5.82 Å². The van der Waals surface area contributed by atoms with Gasteiger partial charge in [-0.1, -0.05) is 23.2 Å². The zero-order chi connectivity index (χ0) is 9.84. The number of hydrogen-bond acceptors (Lipinski definition) is 1. The Hall–Kier alpha value is -0.860. The molecule has 0 aromatic heterocycles. The van der Waals surface area contributed by atoms with Gasteiger partial charge in [-0.2, -0.15) is 0 Å². The third-order valence-electron chi connectivity index (χ3n) is 1.40. The highest BCUT2D eigenvalue weighted by Crippen LogP contribution is 2.26. The average molecular weight is 219 g/mol. The van der Waals surface area contributed by atoms with Crippen molar-refractivity contribution in [3.05, 3.63) is 40.7 Å². The van der Waals surface area contributed by atoms with E-state index in [1.165, 1.54) is 12.1 Å². The summed E-state index contributed by atoms with van der Waals surface area (Å²) < 4.78 is 12.6. The molecule has 4 heteroatoms. The summed E-state index contributed by atoms with van der Waals surface area (Å²) in [6.07, 6.45) is 1.70. The van der Waals surface area contributed by atoms with Crippen molar-refractivity contribution in [3.63, 3.8) is 0 Å². The Balaban J connectivity index is 3.15. The molecule has 0 amide bonds. The van der Waals surface area contributed by atoms with E-state index in [1.807, 2.05) is 0 Å². The van der Waals surface area contributed by atoms with Crippen molar-refractivity contribution >= 4 is 34.5 Å². The van der Waals surface area contributed by atoms with Gasteiger partial charge >= 0.3 is 0 Å². The molecule has 68 valence electrons. The zero-order valence-corrected chi connectivity index (χ0v) is 7.94. The Labute approximate surface area is 84.8 Å². The molecule has 13 heavy (non-hydrogen) atoms. The fourth-order valence-corrected chi connectivity index (χ4v) is 1.37. The first-order valence-corrected chi connectivity index (χ1v) is 4.17. The molecule has 1 aromatic carbocycles. The Bertz CT molecular complexity index is 361. The van der Waals surface area contributed by atoms with Gasteiger partial charge in [0.15, 0.2) is 0 Å². The van der Waals surface area contributed by atoms with E-state index in [-0.39, 0.29) is 10.1 Å². The maximum absolute atomic E-state index is 12.6. The molecule has 0 radical (unpaired) electrons. The van der Waals surface area contributed by atoms with Crippen molar-refractivity contribution in [3.8, 4) is 0 Å². The number of halogens is 3. The van der Waals surface area contributed by atoms with E-state index in [2.05, 4.69) is 0 Å². The summed E-state index contributed by atoms with van der Waals surface area (Å²) in [6.45, 7) is 0. The predicted molar refractivity (Wildman–Crippen MR) is 51.3 cm³/mol. The molecule has 1 nitrogen and oxygen atoms in total. The van der Waals surface area contributed by atoms with Crippen LogP contribution in [0.3, 0.4) is 0 Å². The van der Waals surface area contributed by atoms with Crippen LogP contribution in [0.1, 0.15) is 5.56 Å². The molecule has 0 N–H and O–H groups in total. The van der Waals surface area contributed by atoms with Gasteiger partial charge in [0.25, 0.3) is 0 Å². The maximum Gasteiger partial charge on any atom is 0.144 e. The largest absolute Gasteiger partial charge is 0.299 e. The summed E-state index contributed by atoms with van der Waals surface area (Å²) >= 11 is 11.4. The second-order valence-corrected chi connectivity index (χ2v) is 3.09. The zero-order valence-electron chi connectivity index (χ0n) is 6.43. The van der Waals surface area contributed by atoms with Crippen LogP contribution in [0.4, 0.5) is 4.39 Å². The molecule has 0 heterocycles. The minimum atomic E-state index is -0.440. The predicted octanol–water partition coefficient (Wildman–Crippen LogP) is 3.26. The van der Waals surface area contributed by atoms with Gasteiger partial charge in [-0.25, -0.2) is 4.39 Å². The number of allylic oxidation sites excluding steroid dienone is 1. The van der Waals surface area contributed by atoms with E-state index >= 15 is 0 Å². The van der Waals surface area contributed by atoms with Crippen LogP contribution in [-0.2, 0) is 4.79 Å². The molecule has 0 bridgehead atoms. The van der Waals surface area contributed by atoms with E-state index in [9.17, 15) is 9.18 Å². The fraction of sp³-hybridized carbons (Fsp3) is 0. The van der Waals surface area contributed by atoms with Crippen molar-refractivity contribution in [2.75, 3.05) is 0 Å². The number of rotatable bonds is 2. The molecule has 0 unspecified atom stereocenters. The van der Waals surface area contributed by atoms with Crippen LogP contribution in [0.2, 0.25) is 5.02 Å². The summed E-state index contributed by atoms with van der Waals surface area (Å²) in [5.74, 6) is -0.440. The van der Waals surface area contributed by atoms with Gasteiger partial charge < -0.3 is 0 Å². The molecule has 0 aliphatic carbocycles. The number of benzene rings is 1. The first-order valence-electron chi connectivity index (χ1n) is 3.41.